The van der Waals surface area contributed by atoms with E-state index < -0.39 is 0 Å². The first-order valence-corrected chi connectivity index (χ1v) is 6.60. The summed E-state index contributed by atoms with van der Waals surface area (Å²) in [5, 5.41) is 0. The van der Waals surface area contributed by atoms with Crippen LogP contribution in [0.2, 0.25) is 0 Å². The molecule has 1 nitrogen and oxygen atoms in total. The Bertz CT molecular complexity index is 465. The number of halogens is 2. The van der Waals surface area contributed by atoms with E-state index >= 15 is 0 Å². The third kappa shape index (κ3) is 3.50. The Morgan fingerprint density at radius 3 is 2.82 bits per heavy atom. The lowest BCUT2D eigenvalue weighted by Crippen LogP contribution is -1.96. The van der Waals surface area contributed by atoms with Crippen LogP contribution in [0.15, 0.2) is 34.3 Å². The number of carbonyl (C=O) groups is 1. The zero-order valence-corrected chi connectivity index (χ0v) is 11.1. The summed E-state index contributed by atoms with van der Waals surface area (Å²) < 4.78 is 14.5. The van der Waals surface area contributed by atoms with Gasteiger partial charge >= 0.3 is 0 Å². The first-order valence-electron chi connectivity index (χ1n) is 5.81. The fraction of sp³-hybridized carbons (Fsp3) is 0.357. The van der Waals surface area contributed by atoms with Crippen molar-refractivity contribution in [3.63, 3.8) is 0 Å². The van der Waals surface area contributed by atoms with E-state index in [0.717, 1.165) is 29.3 Å². The maximum atomic E-state index is 13.6. The fourth-order valence-electron chi connectivity index (χ4n) is 2.09. The zero-order chi connectivity index (χ0) is 12.3. The van der Waals surface area contributed by atoms with Gasteiger partial charge in [0, 0.05) is 10.9 Å². The van der Waals surface area contributed by atoms with Crippen molar-refractivity contribution in [2.45, 2.75) is 32.1 Å². The topological polar surface area (TPSA) is 17.1 Å². The quantitative estimate of drug-likeness (QED) is 0.799. The molecule has 0 bridgehead atoms. The molecule has 0 spiro atoms. The van der Waals surface area contributed by atoms with Gasteiger partial charge in [-0.2, -0.15) is 0 Å². The van der Waals surface area contributed by atoms with E-state index in [-0.39, 0.29) is 11.6 Å². The van der Waals surface area contributed by atoms with Crippen LogP contribution in [0.1, 0.15) is 31.2 Å². The molecule has 0 aromatic heterocycles. The molecule has 0 N–H and O–H groups in total. The third-order valence-electron chi connectivity index (χ3n) is 2.96. The van der Waals surface area contributed by atoms with Crippen LogP contribution >= 0.6 is 15.9 Å². The summed E-state index contributed by atoms with van der Waals surface area (Å²) in [6, 6.07) is 4.93. The molecule has 1 aromatic rings. The molecule has 17 heavy (non-hydrogen) atoms. The van der Waals surface area contributed by atoms with E-state index in [4.69, 9.17) is 0 Å². The normalized spacial score (nSPS) is 16.6. The molecule has 1 aliphatic rings. The molecular weight excluding hydrogens is 283 g/mol. The minimum Gasteiger partial charge on any atom is -0.295 e. The van der Waals surface area contributed by atoms with Gasteiger partial charge in [-0.3, -0.25) is 4.79 Å². The van der Waals surface area contributed by atoms with Crippen LogP contribution in [0, 0.1) is 5.82 Å². The highest BCUT2D eigenvalue weighted by Crippen LogP contribution is 2.23. The lowest BCUT2D eigenvalue weighted by Gasteiger charge is -2.07. The number of allylic oxidation sites excluding steroid dienone is 2. The van der Waals surface area contributed by atoms with Gasteiger partial charge in [-0.25, -0.2) is 4.39 Å². The van der Waals surface area contributed by atoms with Gasteiger partial charge in [0.05, 0.1) is 0 Å². The Morgan fingerprint density at radius 2 is 2.00 bits per heavy atom. The second-order valence-corrected chi connectivity index (χ2v) is 5.30. The van der Waals surface area contributed by atoms with Crippen LogP contribution in [0.25, 0.3) is 0 Å². The van der Waals surface area contributed by atoms with Crippen LogP contribution in [0.4, 0.5) is 4.39 Å². The lowest BCUT2D eigenvalue weighted by molar-refractivity contribution is -0.114. The van der Waals surface area contributed by atoms with Gasteiger partial charge in [0.15, 0.2) is 5.78 Å². The number of hydrogen-bond donors (Lipinski definition) is 0. The number of carbonyl (C=O) groups excluding carboxylic acids is 1. The number of ketones is 1. The first-order chi connectivity index (χ1) is 8.15. The molecule has 0 unspecified atom stereocenters. The van der Waals surface area contributed by atoms with Crippen molar-refractivity contribution < 1.29 is 9.18 Å². The molecule has 0 saturated carbocycles. The van der Waals surface area contributed by atoms with Crippen LogP contribution in [0.3, 0.4) is 0 Å². The molecule has 0 heterocycles. The van der Waals surface area contributed by atoms with Gasteiger partial charge in [-0.05, 0) is 55.5 Å². The fourth-order valence-corrected chi connectivity index (χ4v) is 2.49. The zero-order valence-electron chi connectivity index (χ0n) is 9.51. The predicted octanol–water partition coefficient (Wildman–Crippen LogP) is 4.20. The summed E-state index contributed by atoms with van der Waals surface area (Å²) in [6.07, 6.45) is 5.74. The molecule has 0 saturated heterocycles. The van der Waals surface area contributed by atoms with Crippen molar-refractivity contribution >= 4 is 21.7 Å². The lowest BCUT2D eigenvalue weighted by atomic mass is 10.0. The molecule has 90 valence electrons. The standard InChI is InChI=1S/C14H14BrFO/c15-12-5-6-14(16)11(9-12)7-10-3-1-2-4-13(17)8-10/h5-6,8-9H,1-4,7H2. The van der Waals surface area contributed by atoms with Crippen LogP contribution in [0.5, 0.6) is 0 Å². The van der Waals surface area contributed by atoms with Crippen LogP contribution in [-0.2, 0) is 11.2 Å². The average molecular weight is 297 g/mol. The molecule has 2 rings (SSSR count). The highest BCUT2D eigenvalue weighted by atomic mass is 79.9. The van der Waals surface area contributed by atoms with E-state index in [2.05, 4.69) is 15.9 Å². The van der Waals surface area contributed by atoms with Crippen molar-refractivity contribution in [2.24, 2.45) is 0 Å². The van der Waals surface area contributed by atoms with E-state index in [1.54, 1.807) is 18.2 Å². The van der Waals surface area contributed by atoms with E-state index in [0.29, 0.717) is 18.4 Å². The van der Waals surface area contributed by atoms with Gasteiger partial charge in [0.25, 0.3) is 0 Å². The molecule has 0 amide bonds. The second-order valence-electron chi connectivity index (χ2n) is 4.39. The Hall–Kier alpha value is -0.960. The summed E-state index contributed by atoms with van der Waals surface area (Å²) in [7, 11) is 0. The minimum absolute atomic E-state index is 0.174. The Kier molecular flexibility index (Phi) is 4.11. The molecule has 1 aromatic carbocycles. The Morgan fingerprint density at radius 1 is 1.24 bits per heavy atom. The monoisotopic (exact) mass is 296 g/mol. The maximum absolute atomic E-state index is 13.6. The van der Waals surface area contributed by atoms with Crippen molar-refractivity contribution in [3.05, 3.63) is 45.7 Å². The summed E-state index contributed by atoms with van der Waals surface area (Å²) in [5.41, 5.74) is 1.70. The minimum atomic E-state index is -0.203. The van der Waals surface area contributed by atoms with Crippen LogP contribution < -0.4 is 0 Å². The maximum Gasteiger partial charge on any atom is 0.155 e. The van der Waals surface area contributed by atoms with Crippen molar-refractivity contribution in [1.29, 1.82) is 0 Å². The Balaban J connectivity index is 2.19. The largest absolute Gasteiger partial charge is 0.295 e. The molecule has 0 aliphatic heterocycles. The van der Waals surface area contributed by atoms with Crippen LogP contribution in [-0.4, -0.2) is 5.78 Å². The SMILES string of the molecule is O=C1C=C(Cc2cc(Br)ccc2F)CCCC1. The highest BCUT2D eigenvalue weighted by Gasteiger charge is 2.11. The number of hydrogen-bond acceptors (Lipinski definition) is 1. The second kappa shape index (κ2) is 5.58. The molecule has 0 radical (unpaired) electrons. The highest BCUT2D eigenvalue weighted by molar-refractivity contribution is 9.10. The first kappa shape index (κ1) is 12.5. The van der Waals surface area contributed by atoms with E-state index in [1.165, 1.54) is 6.07 Å². The Labute approximate surface area is 109 Å². The average Bonchev–Trinajstić information content (AvgIpc) is 2.48. The van der Waals surface area contributed by atoms with Gasteiger partial charge in [-0.1, -0.05) is 21.5 Å². The molecular formula is C14H14BrFO. The summed E-state index contributed by atoms with van der Waals surface area (Å²) in [5.74, 6) is -0.0290. The van der Waals surface area contributed by atoms with Gasteiger partial charge in [-0.15, -0.1) is 0 Å². The number of rotatable bonds is 2. The molecule has 0 atom stereocenters. The predicted molar refractivity (Wildman–Crippen MR) is 69.4 cm³/mol. The van der Waals surface area contributed by atoms with Gasteiger partial charge in [0.1, 0.15) is 5.82 Å². The molecule has 0 fully saturated rings. The van der Waals surface area contributed by atoms with E-state index in [9.17, 15) is 9.18 Å². The molecule has 1 aliphatic carbocycles. The molecule has 3 heteroatoms. The van der Waals surface area contributed by atoms with Crippen molar-refractivity contribution in [3.8, 4) is 0 Å². The van der Waals surface area contributed by atoms with Crippen molar-refractivity contribution in [1.82, 2.24) is 0 Å². The van der Waals surface area contributed by atoms with Gasteiger partial charge in [0.2, 0.25) is 0 Å². The third-order valence-corrected chi connectivity index (χ3v) is 3.45. The summed E-state index contributed by atoms with van der Waals surface area (Å²) in [4.78, 5) is 11.5. The summed E-state index contributed by atoms with van der Waals surface area (Å²) in [6.45, 7) is 0. The summed E-state index contributed by atoms with van der Waals surface area (Å²) >= 11 is 3.34. The smallest absolute Gasteiger partial charge is 0.155 e. The van der Waals surface area contributed by atoms with Gasteiger partial charge < -0.3 is 0 Å². The van der Waals surface area contributed by atoms with Crippen molar-refractivity contribution in [2.75, 3.05) is 0 Å². The van der Waals surface area contributed by atoms with E-state index in [1.807, 2.05) is 0 Å². The number of benzene rings is 1.